The molecule has 17 heavy (non-hydrogen) atoms. The minimum absolute atomic E-state index is 0.418. The van der Waals surface area contributed by atoms with Crippen molar-refractivity contribution < 1.29 is 8.78 Å². The number of allylic oxidation sites excluding steroid dienone is 1. The van der Waals surface area contributed by atoms with E-state index in [-0.39, 0.29) is 0 Å². The second kappa shape index (κ2) is 4.78. The van der Waals surface area contributed by atoms with Gasteiger partial charge in [0, 0.05) is 24.4 Å². The van der Waals surface area contributed by atoms with Crippen LogP contribution in [0.2, 0.25) is 0 Å². The lowest BCUT2D eigenvalue weighted by Crippen LogP contribution is -2.05. The second-order valence-electron chi connectivity index (χ2n) is 4.65. The van der Waals surface area contributed by atoms with Gasteiger partial charge in [-0.05, 0) is 29.5 Å². The number of hydrogen-bond acceptors (Lipinski definition) is 1. The lowest BCUT2D eigenvalue weighted by molar-refractivity contribution is 0.574. The Morgan fingerprint density at radius 2 is 2.06 bits per heavy atom. The molecule has 1 nitrogen and oxygen atoms in total. The molecular formula is C14H15F2N. The molecule has 90 valence electrons. The fourth-order valence-electron chi connectivity index (χ4n) is 1.87. The van der Waals surface area contributed by atoms with E-state index in [1.807, 2.05) is 0 Å². The molecule has 1 aromatic carbocycles. The van der Waals surface area contributed by atoms with E-state index in [1.165, 1.54) is 12.1 Å². The molecule has 1 aliphatic rings. The van der Waals surface area contributed by atoms with E-state index in [0.717, 1.165) is 23.8 Å². The predicted octanol–water partition coefficient (Wildman–Crippen LogP) is 3.89. The Kier molecular flexibility index (Phi) is 3.36. The molecule has 0 aliphatic carbocycles. The maximum atomic E-state index is 13.5. The van der Waals surface area contributed by atoms with Gasteiger partial charge in [0.1, 0.15) is 11.6 Å². The second-order valence-corrected chi connectivity index (χ2v) is 4.65. The van der Waals surface area contributed by atoms with Crippen LogP contribution in [0.1, 0.15) is 25.8 Å². The number of hydrogen-bond donors (Lipinski definition) is 0. The third-order valence-corrected chi connectivity index (χ3v) is 2.92. The Hall–Kier alpha value is -1.51. The molecule has 0 unspecified atom stereocenters. The first-order chi connectivity index (χ1) is 8.06. The summed E-state index contributed by atoms with van der Waals surface area (Å²) in [5, 5.41) is 0. The third kappa shape index (κ3) is 2.78. The first-order valence-corrected chi connectivity index (χ1v) is 5.74. The van der Waals surface area contributed by atoms with Gasteiger partial charge in [-0.2, -0.15) is 0 Å². The Balaban J connectivity index is 2.05. The average Bonchev–Trinajstić information content (AvgIpc) is 2.71. The lowest BCUT2D eigenvalue weighted by Gasteiger charge is -2.07. The Bertz CT molecular complexity index is 487. The molecule has 1 aromatic rings. The molecule has 0 saturated heterocycles. The van der Waals surface area contributed by atoms with Crippen molar-refractivity contribution in [1.29, 1.82) is 0 Å². The number of aliphatic imine (C=N–C) groups is 1. The van der Waals surface area contributed by atoms with Crippen LogP contribution in [0.15, 0.2) is 35.0 Å². The summed E-state index contributed by atoms with van der Waals surface area (Å²) >= 11 is 0. The summed E-state index contributed by atoms with van der Waals surface area (Å²) in [5.74, 6) is -0.600. The van der Waals surface area contributed by atoms with Crippen LogP contribution in [0, 0.1) is 17.6 Å². The molecule has 1 heterocycles. The van der Waals surface area contributed by atoms with Gasteiger partial charge in [-0.25, -0.2) is 8.78 Å². The van der Waals surface area contributed by atoms with Crippen molar-refractivity contribution in [1.82, 2.24) is 0 Å². The average molecular weight is 235 g/mol. The first kappa shape index (κ1) is 12.0. The molecule has 0 amide bonds. The van der Waals surface area contributed by atoms with Crippen LogP contribution >= 0.6 is 0 Å². The fraction of sp³-hybridized carbons (Fsp3) is 0.357. The number of benzene rings is 1. The van der Waals surface area contributed by atoms with Crippen LogP contribution in [0.3, 0.4) is 0 Å². The maximum Gasteiger partial charge on any atom is 0.129 e. The van der Waals surface area contributed by atoms with Crippen LogP contribution in [0.25, 0.3) is 0 Å². The van der Waals surface area contributed by atoms with Gasteiger partial charge >= 0.3 is 0 Å². The van der Waals surface area contributed by atoms with E-state index in [1.54, 1.807) is 6.20 Å². The molecule has 1 aliphatic heterocycles. The van der Waals surface area contributed by atoms with Crippen LogP contribution in [-0.4, -0.2) is 5.71 Å². The van der Waals surface area contributed by atoms with Gasteiger partial charge in [0.2, 0.25) is 0 Å². The van der Waals surface area contributed by atoms with E-state index in [2.05, 4.69) is 18.8 Å². The van der Waals surface area contributed by atoms with Crippen molar-refractivity contribution in [2.75, 3.05) is 0 Å². The summed E-state index contributed by atoms with van der Waals surface area (Å²) in [6, 6.07) is 3.71. The highest BCUT2D eigenvalue weighted by Crippen LogP contribution is 2.22. The molecule has 0 N–H and O–H groups in total. The molecule has 0 saturated carbocycles. The van der Waals surface area contributed by atoms with E-state index in [9.17, 15) is 8.78 Å². The van der Waals surface area contributed by atoms with Crippen molar-refractivity contribution >= 4 is 5.71 Å². The summed E-state index contributed by atoms with van der Waals surface area (Å²) in [6.07, 6.45) is 3.11. The number of rotatable bonds is 3. The smallest absolute Gasteiger partial charge is 0.129 e. The van der Waals surface area contributed by atoms with Crippen LogP contribution in [0.5, 0.6) is 0 Å². The van der Waals surface area contributed by atoms with E-state index >= 15 is 0 Å². The monoisotopic (exact) mass is 235 g/mol. The fourth-order valence-corrected chi connectivity index (χ4v) is 1.87. The van der Waals surface area contributed by atoms with Gasteiger partial charge in [0.25, 0.3) is 0 Å². The molecule has 0 spiro atoms. The number of nitrogens with zero attached hydrogens (tertiary/aromatic N) is 1. The minimum Gasteiger partial charge on any atom is -0.265 e. The normalized spacial score (nSPS) is 15.1. The quantitative estimate of drug-likeness (QED) is 0.753. The zero-order valence-corrected chi connectivity index (χ0v) is 10.0. The Labute approximate surface area is 99.9 Å². The summed E-state index contributed by atoms with van der Waals surface area (Å²) in [4.78, 5) is 4.32. The topological polar surface area (TPSA) is 12.4 Å². The van der Waals surface area contributed by atoms with Crippen molar-refractivity contribution in [3.05, 3.63) is 47.2 Å². The Morgan fingerprint density at radius 3 is 2.65 bits per heavy atom. The largest absolute Gasteiger partial charge is 0.265 e. The Morgan fingerprint density at radius 1 is 1.29 bits per heavy atom. The van der Waals surface area contributed by atoms with E-state index in [0.29, 0.717) is 17.9 Å². The van der Waals surface area contributed by atoms with Crippen molar-refractivity contribution in [2.45, 2.75) is 26.7 Å². The van der Waals surface area contributed by atoms with Crippen LogP contribution in [-0.2, 0) is 6.42 Å². The standard InChI is InChI=1S/C14H15F2N/c1-9(2)14-6-10(8-17-14)5-11-3-4-12(15)7-13(11)16/h3-4,7-9H,5-6H2,1-2H3. The van der Waals surface area contributed by atoms with Gasteiger partial charge in [-0.1, -0.05) is 19.9 Å². The zero-order valence-electron chi connectivity index (χ0n) is 10.0. The van der Waals surface area contributed by atoms with E-state index < -0.39 is 11.6 Å². The molecule has 2 rings (SSSR count). The van der Waals surface area contributed by atoms with Gasteiger partial charge < -0.3 is 0 Å². The molecule has 0 radical (unpaired) electrons. The highest BCUT2D eigenvalue weighted by Gasteiger charge is 2.15. The first-order valence-electron chi connectivity index (χ1n) is 5.74. The van der Waals surface area contributed by atoms with Gasteiger partial charge in [0.15, 0.2) is 0 Å². The van der Waals surface area contributed by atoms with Gasteiger partial charge in [-0.15, -0.1) is 0 Å². The summed E-state index contributed by atoms with van der Waals surface area (Å²) in [6.45, 7) is 4.18. The maximum absolute atomic E-state index is 13.5. The van der Waals surface area contributed by atoms with Crippen LogP contribution in [0.4, 0.5) is 8.78 Å². The molecule has 3 heteroatoms. The summed E-state index contributed by atoms with van der Waals surface area (Å²) in [7, 11) is 0. The SMILES string of the molecule is CC(C)C1=NC=C(Cc2ccc(F)cc2F)C1. The highest BCUT2D eigenvalue weighted by molar-refractivity contribution is 5.90. The number of halogens is 2. The minimum atomic E-state index is -0.536. The summed E-state index contributed by atoms with van der Waals surface area (Å²) < 4.78 is 26.2. The van der Waals surface area contributed by atoms with Crippen molar-refractivity contribution in [3.8, 4) is 0 Å². The molecule has 0 fully saturated rings. The van der Waals surface area contributed by atoms with Crippen molar-refractivity contribution in [2.24, 2.45) is 10.9 Å². The molecule has 0 atom stereocenters. The van der Waals surface area contributed by atoms with E-state index in [4.69, 9.17) is 0 Å². The molecule has 0 bridgehead atoms. The summed E-state index contributed by atoms with van der Waals surface area (Å²) in [5.41, 5.74) is 2.74. The molecule has 0 aromatic heterocycles. The lowest BCUT2D eigenvalue weighted by atomic mass is 9.98. The van der Waals surface area contributed by atoms with Gasteiger partial charge in [-0.3, -0.25) is 4.99 Å². The molecular weight excluding hydrogens is 220 g/mol. The third-order valence-electron chi connectivity index (χ3n) is 2.92. The van der Waals surface area contributed by atoms with Crippen LogP contribution < -0.4 is 0 Å². The van der Waals surface area contributed by atoms with Gasteiger partial charge in [0.05, 0.1) is 0 Å². The highest BCUT2D eigenvalue weighted by atomic mass is 19.1. The van der Waals surface area contributed by atoms with Crippen molar-refractivity contribution in [3.63, 3.8) is 0 Å². The zero-order chi connectivity index (χ0) is 12.4. The predicted molar refractivity (Wildman–Crippen MR) is 65.0 cm³/mol.